The molecule has 1 heterocycles. The molecule has 1 aromatic carbocycles. The molecule has 0 unspecified atom stereocenters. The first-order chi connectivity index (χ1) is 9.20. The van der Waals surface area contributed by atoms with E-state index >= 15 is 0 Å². The number of phenolic OH excluding ortho intramolecular Hbond substituents is 1. The van der Waals surface area contributed by atoms with Crippen LogP contribution in [0.3, 0.4) is 0 Å². The van der Waals surface area contributed by atoms with Gasteiger partial charge in [-0.2, -0.15) is 0 Å². The quantitative estimate of drug-likeness (QED) is 0.749. The topological polar surface area (TPSA) is 70.6 Å². The van der Waals surface area contributed by atoms with E-state index in [9.17, 15) is 9.90 Å². The number of methoxy groups -OCH3 is 1. The van der Waals surface area contributed by atoms with E-state index in [0.717, 1.165) is 13.0 Å². The molecule has 0 aliphatic carbocycles. The molecular weight excluding hydrogens is 244 g/mol. The first-order valence-corrected chi connectivity index (χ1v) is 6.59. The smallest absolute Gasteiger partial charge is 0.255 e. The van der Waals surface area contributed by atoms with Crippen molar-refractivity contribution in [2.24, 2.45) is 0 Å². The third kappa shape index (κ3) is 3.61. The zero-order chi connectivity index (χ0) is 13.7. The number of amides is 1. The summed E-state index contributed by atoms with van der Waals surface area (Å²) in [5.41, 5.74) is 0.278. The predicted molar refractivity (Wildman–Crippen MR) is 72.6 cm³/mol. The van der Waals surface area contributed by atoms with Gasteiger partial charge in [0.15, 0.2) is 0 Å². The zero-order valence-electron chi connectivity index (χ0n) is 11.1. The van der Waals surface area contributed by atoms with Gasteiger partial charge >= 0.3 is 0 Å². The van der Waals surface area contributed by atoms with Gasteiger partial charge in [-0.3, -0.25) is 4.79 Å². The van der Waals surface area contributed by atoms with Crippen LogP contribution in [0.25, 0.3) is 0 Å². The first-order valence-electron chi connectivity index (χ1n) is 6.59. The third-order valence-corrected chi connectivity index (χ3v) is 3.39. The minimum absolute atomic E-state index is 0.0594. The SMILES string of the molecule is COc1ccc(C(=O)NCC[C@@H]2CCCN2)c(O)c1. The molecule has 1 amide bonds. The van der Waals surface area contributed by atoms with Gasteiger partial charge in [-0.1, -0.05) is 0 Å². The first kappa shape index (κ1) is 13.7. The Balaban J connectivity index is 1.85. The number of rotatable bonds is 5. The number of nitrogens with one attached hydrogen (secondary N) is 2. The van der Waals surface area contributed by atoms with E-state index < -0.39 is 0 Å². The number of aromatic hydroxyl groups is 1. The van der Waals surface area contributed by atoms with E-state index in [1.54, 1.807) is 12.1 Å². The molecule has 0 bridgehead atoms. The standard InChI is InChI=1S/C14H20N2O3/c1-19-11-4-5-12(13(17)9-11)14(18)16-8-6-10-3-2-7-15-10/h4-5,9-10,15,17H,2-3,6-8H2,1H3,(H,16,18)/t10-/m0/s1. The van der Waals surface area contributed by atoms with Crippen LogP contribution in [0.4, 0.5) is 0 Å². The van der Waals surface area contributed by atoms with Crippen LogP contribution in [0.5, 0.6) is 11.5 Å². The van der Waals surface area contributed by atoms with Gasteiger partial charge in [0.2, 0.25) is 0 Å². The van der Waals surface area contributed by atoms with E-state index in [2.05, 4.69) is 10.6 Å². The number of carbonyl (C=O) groups is 1. The second-order valence-corrected chi connectivity index (χ2v) is 4.72. The lowest BCUT2D eigenvalue weighted by Gasteiger charge is -2.11. The van der Waals surface area contributed by atoms with Crippen LogP contribution in [-0.2, 0) is 0 Å². The largest absolute Gasteiger partial charge is 0.507 e. The van der Waals surface area contributed by atoms with Crippen molar-refractivity contribution in [1.82, 2.24) is 10.6 Å². The molecule has 104 valence electrons. The third-order valence-electron chi connectivity index (χ3n) is 3.39. The fourth-order valence-electron chi connectivity index (χ4n) is 2.29. The maximum atomic E-state index is 11.9. The van der Waals surface area contributed by atoms with Gasteiger partial charge in [0.1, 0.15) is 11.5 Å². The zero-order valence-corrected chi connectivity index (χ0v) is 11.1. The molecule has 0 saturated carbocycles. The number of hydrogen-bond acceptors (Lipinski definition) is 4. The summed E-state index contributed by atoms with van der Waals surface area (Å²) >= 11 is 0. The lowest BCUT2D eigenvalue weighted by atomic mass is 10.1. The lowest BCUT2D eigenvalue weighted by Crippen LogP contribution is -2.30. The fraction of sp³-hybridized carbons (Fsp3) is 0.500. The molecule has 0 spiro atoms. The Bertz CT molecular complexity index is 442. The molecule has 1 aliphatic rings. The molecule has 5 nitrogen and oxygen atoms in total. The monoisotopic (exact) mass is 264 g/mol. The van der Waals surface area contributed by atoms with Crippen LogP contribution in [-0.4, -0.2) is 37.3 Å². The normalized spacial score (nSPS) is 18.3. The molecule has 1 aliphatic heterocycles. The Morgan fingerprint density at radius 3 is 3.05 bits per heavy atom. The Labute approximate surface area is 113 Å². The van der Waals surface area contributed by atoms with Crippen molar-refractivity contribution in [3.05, 3.63) is 23.8 Å². The van der Waals surface area contributed by atoms with Crippen LogP contribution in [0, 0.1) is 0 Å². The highest BCUT2D eigenvalue weighted by atomic mass is 16.5. The van der Waals surface area contributed by atoms with Crippen LogP contribution in [0.2, 0.25) is 0 Å². The van der Waals surface area contributed by atoms with E-state index in [-0.39, 0.29) is 17.2 Å². The highest BCUT2D eigenvalue weighted by Gasteiger charge is 2.15. The summed E-state index contributed by atoms with van der Waals surface area (Å²) in [5, 5.41) is 16.0. The second-order valence-electron chi connectivity index (χ2n) is 4.72. The molecule has 2 rings (SSSR count). The van der Waals surface area contributed by atoms with Gasteiger partial charge in [0.25, 0.3) is 5.91 Å². The molecule has 1 fully saturated rings. The predicted octanol–water partition coefficient (Wildman–Crippen LogP) is 1.27. The molecule has 1 atom stereocenters. The van der Waals surface area contributed by atoms with E-state index in [4.69, 9.17) is 4.74 Å². The Morgan fingerprint density at radius 1 is 1.58 bits per heavy atom. The molecule has 0 aromatic heterocycles. The van der Waals surface area contributed by atoms with Crippen molar-refractivity contribution >= 4 is 5.91 Å². The highest BCUT2D eigenvalue weighted by molar-refractivity contribution is 5.96. The summed E-state index contributed by atoms with van der Waals surface area (Å²) in [6, 6.07) is 5.17. The maximum absolute atomic E-state index is 11.9. The van der Waals surface area contributed by atoms with Crippen molar-refractivity contribution < 1.29 is 14.6 Å². The van der Waals surface area contributed by atoms with Crippen molar-refractivity contribution in [1.29, 1.82) is 0 Å². The van der Waals surface area contributed by atoms with Gasteiger partial charge < -0.3 is 20.5 Å². The number of hydrogen-bond donors (Lipinski definition) is 3. The van der Waals surface area contributed by atoms with Crippen LogP contribution >= 0.6 is 0 Å². The number of benzene rings is 1. The van der Waals surface area contributed by atoms with Gasteiger partial charge in [0.05, 0.1) is 12.7 Å². The molecule has 1 aromatic rings. The molecule has 1 saturated heterocycles. The number of carbonyl (C=O) groups excluding carboxylic acids is 1. The summed E-state index contributed by atoms with van der Waals surface area (Å²) in [4.78, 5) is 11.9. The summed E-state index contributed by atoms with van der Waals surface area (Å²) < 4.78 is 4.98. The van der Waals surface area contributed by atoms with E-state index in [1.165, 1.54) is 26.0 Å². The van der Waals surface area contributed by atoms with Gasteiger partial charge in [-0.05, 0) is 37.9 Å². The Kier molecular flexibility index (Phi) is 4.63. The van der Waals surface area contributed by atoms with E-state index in [1.807, 2.05) is 0 Å². The van der Waals surface area contributed by atoms with Gasteiger partial charge in [-0.15, -0.1) is 0 Å². The van der Waals surface area contributed by atoms with Gasteiger partial charge in [0, 0.05) is 18.7 Å². The van der Waals surface area contributed by atoms with Crippen molar-refractivity contribution in [3.63, 3.8) is 0 Å². The van der Waals surface area contributed by atoms with Crippen LogP contribution in [0.1, 0.15) is 29.6 Å². The highest BCUT2D eigenvalue weighted by Crippen LogP contribution is 2.23. The summed E-state index contributed by atoms with van der Waals surface area (Å²) in [6.45, 7) is 1.68. The molecule has 3 N–H and O–H groups in total. The minimum Gasteiger partial charge on any atom is -0.507 e. The summed E-state index contributed by atoms with van der Waals surface area (Å²) in [6.07, 6.45) is 3.30. The average molecular weight is 264 g/mol. The molecular formula is C14H20N2O3. The van der Waals surface area contributed by atoms with Crippen LogP contribution in [0.15, 0.2) is 18.2 Å². The fourth-order valence-corrected chi connectivity index (χ4v) is 2.29. The minimum atomic E-state index is -0.252. The Morgan fingerprint density at radius 2 is 2.42 bits per heavy atom. The van der Waals surface area contributed by atoms with Gasteiger partial charge in [-0.25, -0.2) is 0 Å². The average Bonchev–Trinajstić information content (AvgIpc) is 2.91. The molecule has 0 radical (unpaired) electrons. The second kappa shape index (κ2) is 6.43. The number of phenols is 1. The van der Waals surface area contributed by atoms with Crippen molar-refractivity contribution in [2.75, 3.05) is 20.2 Å². The van der Waals surface area contributed by atoms with E-state index in [0.29, 0.717) is 18.3 Å². The van der Waals surface area contributed by atoms with Crippen molar-refractivity contribution in [3.8, 4) is 11.5 Å². The lowest BCUT2D eigenvalue weighted by molar-refractivity contribution is 0.0949. The summed E-state index contributed by atoms with van der Waals surface area (Å²) in [7, 11) is 1.52. The maximum Gasteiger partial charge on any atom is 0.255 e. The summed E-state index contributed by atoms with van der Waals surface area (Å²) in [5.74, 6) is 0.221. The molecule has 19 heavy (non-hydrogen) atoms. The number of ether oxygens (including phenoxy) is 1. The molecule has 5 heteroatoms. The Hall–Kier alpha value is -1.75. The van der Waals surface area contributed by atoms with Crippen molar-refractivity contribution in [2.45, 2.75) is 25.3 Å². The van der Waals surface area contributed by atoms with Crippen LogP contribution < -0.4 is 15.4 Å².